The number of methoxy groups -OCH3 is 4. The van der Waals surface area contributed by atoms with Crippen molar-refractivity contribution in [3.8, 4) is 23.0 Å². The van der Waals surface area contributed by atoms with Crippen LogP contribution in [0.1, 0.15) is 60.5 Å². The molecule has 2 aromatic rings. The van der Waals surface area contributed by atoms with Crippen molar-refractivity contribution in [2.24, 2.45) is 11.8 Å². The summed E-state index contributed by atoms with van der Waals surface area (Å²) in [5.74, 6) is 4.69. The lowest BCUT2D eigenvalue weighted by molar-refractivity contribution is 0.0434. The molecule has 0 unspecified atom stereocenters. The molecule has 6 nitrogen and oxygen atoms in total. The largest absolute Gasteiger partial charge is 0.493 e. The van der Waals surface area contributed by atoms with Crippen LogP contribution in [0.3, 0.4) is 0 Å². The SMILES string of the molecule is CC[C@@H]1CN2CCc3cc(OC)c(OC)cc3[C@@H]2C[C@@H]1C[C@@H]1NCCc2cc(OC)c(OC)cc21. The number of ether oxygens (including phenoxy) is 4. The molecule has 3 heterocycles. The maximum absolute atomic E-state index is 5.68. The van der Waals surface area contributed by atoms with Crippen LogP contribution in [0.4, 0.5) is 0 Å². The average molecular weight is 481 g/mol. The third-order valence-electron chi connectivity index (χ3n) is 8.64. The van der Waals surface area contributed by atoms with E-state index in [0.717, 1.165) is 55.4 Å². The Hall–Kier alpha value is -2.44. The first-order valence-corrected chi connectivity index (χ1v) is 13.1. The van der Waals surface area contributed by atoms with E-state index in [4.69, 9.17) is 18.9 Å². The van der Waals surface area contributed by atoms with E-state index in [1.165, 1.54) is 41.6 Å². The van der Waals surface area contributed by atoms with Crippen LogP contribution in [0.5, 0.6) is 23.0 Å². The molecule has 1 saturated heterocycles. The maximum atomic E-state index is 5.68. The van der Waals surface area contributed by atoms with Gasteiger partial charge in [-0.1, -0.05) is 13.3 Å². The van der Waals surface area contributed by atoms with Gasteiger partial charge in [0.15, 0.2) is 23.0 Å². The van der Waals surface area contributed by atoms with E-state index in [1.54, 1.807) is 28.4 Å². The third kappa shape index (κ3) is 4.47. The van der Waals surface area contributed by atoms with Crippen molar-refractivity contribution in [1.82, 2.24) is 10.2 Å². The fourth-order valence-corrected chi connectivity index (χ4v) is 6.74. The van der Waals surface area contributed by atoms with Gasteiger partial charge in [-0.25, -0.2) is 0 Å². The third-order valence-corrected chi connectivity index (χ3v) is 8.64. The van der Waals surface area contributed by atoms with Gasteiger partial charge < -0.3 is 24.3 Å². The molecular formula is C29H40N2O4. The molecule has 0 bridgehead atoms. The number of hydrogen-bond acceptors (Lipinski definition) is 6. The summed E-state index contributed by atoms with van der Waals surface area (Å²) in [6.45, 7) is 5.66. The second-order valence-electron chi connectivity index (χ2n) is 10.2. The van der Waals surface area contributed by atoms with Crippen LogP contribution in [-0.4, -0.2) is 53.0 Å². The topological polar surface area (TPSA) is 52.2 Å². The Kier molecular flexibility index (Phi) is 7.12. The summed E-state index contributed by atoms with van der Waals surface area (Å²) >= 11 is 0. The normalized spacial score (nSPS) is 25.7. The summed E-state index contributed by atoms with van der Waals surface area (Å²) in [5.41, 5.74) is 5.60. The first-order valence-electron chi connectivity index (χ1n) is 13.1. The molecule has 6 heteroatoms. The van der Waals surface area contributed by atoms with Gasteiger partial charge in [-0.3, -0.25) is 4.90 Å². The van der Waals surface area contributed by atoms with Crippen molar-refractivity contribution in [3.05, 3.63) is 46.5 Å². The van der Waals surface area contributed by atoms with Crippen molar-refractivity contribution in [2.45, 2.75) is 51.1 Å². The van der Waals surface area contributed by atoms with Crippen molar-refractivity contribution in [3.63, 3.8) is 0 Å². The lowest BCUT2D eigenvalue weighted by Gasteiger charge is -2.48. The zero-order chi connectivity index (χ0) is 24.5. The molecule has 4 atom stereocenters. The summed E-state index contributed by atoms with van der Waals surface area (Å²) in [5, 5.41) is 3.83. The van der Waals surface area contributed by atoms with Gasteiger partial charge in [-0.05, 0) is 90.6 Å². The molecule has 0 aliphatic carbocycles. The highest BCUT2D eigenvalue weighted by molar-refractivity contribution is 5.50. The maximum Gasteiger partial charge on any atom is 0.161 e. The van der Waals surface area contributed by atoms with Crippen molar-refractivity contribution >= 4 is 0 Å². The molecule has 1 fully saturated rings. The molecule has 2 aromatic carbocycles. The number of piperidine rings is 1. The molecule has 0 radical (unpaired) electrons. The minimum atomic E-state index is 0.345. The van der Waals surface area contributed by atoms with E-state index in [2.05, 4.69) is 41.4 Å². The zero-order valence-corrected chi connectivity index (χ0v) is 21.9. The highest BCUT2D eigenvalue weighted by atomic mass is 16.5. The molecule has 0 spiro atoms. The van der Waals surface area contributed by atoms with Crippen molar-refractivity contribution in [2.75, 3.05) is 48.1 Å². The summed E-state index contributed by atoms with van der Waals surface area (Å²) in [6.07, 6.45) is 5.65. The monoisotopic (exact) mass is 480 g/mol. The molecule has 3 aliphatic rings. The predicted octanol–water partition coefficient (Wildman–Crippen LogP) is 4.94. The Morgan fingerprint density at radius 2 is 1.40 bits per heavy atom. The van der Waals surface area contributed by atoms with E-state index in [1.807, 2.05) is 0 Å². The number of nitrogens with one attached hydrogen (secondary N) is 1. The fourth-order valence-electron chi connectivity index (χ4n) is 6.74. The van der Waals surface area contributed by atoms with Gasteiger partial charge in [0.25, 0.3) is 0 Å². The summed E-state index contributed by atoms with van der Waals surface area (Å²) < 4.78 is 22.5. The van der Waals surface area contributed by atoms with E-state index in [9.17, 15) is 0 Å². The zero-order valence-electron chi connectivity index (χ0n) is 21.9. The highest BCUT2D eigenvalue weighted by Gasteiger charge is 2.40. The molecular weight excluding hydrogens is 440 g/mol. The van der Waals surface area contributed by atoms with Crippen LogP contribution in [0, 0.1) is 11.8 Å². The van der Waals surface area contributed by atoms with Crippen LogP contribution in [0.25, 0.3) is 0 Å². The van der Waals surface area contributed by atoms with Gasteiger partial charge in [0.2, 0.25) is 0 Å². The molecule has 190 valence electrons. The molecule has 1 N–H and O–H groups in total. The van der Waals surface area contributed by atoms with E-state index < -0.39 is 0 Å². The summed E-state index contributed by atoms with van der Waals surface area (Å²) in [7, 11) is 6.90. The second-order valence-corrected chi connectivity index (χ2v) is 10.2. The molecule has 0 amide bonds. The minimum Gasteiger partial charge on any atom is -0.493 e. The fraction of sp³-hybridized carbons (Fsp3) is 0.586. The van der Waals surface area contributed by atoms with E-state index >= 15 is 0 Å². The Balaban J connectivity index is 1.43. The highest BCUT2D eigenvalue weighted by Crippen LogP contribution is 2.48. The van der Waals surface area contributed by atoms with Gasteiger partial charge in [0, 0.05) is 25.2 Å². The standard InChI is InChI=1S/C29H40N2O4/c1-6-18-17-31-10-8-20-14-27(33-3)29(35-5)16-23(20)25(31)12-21(18)11-24-22-15-28(34-4)26(32-2)13-19(22)7-9-30-24/h13-16,18,21,24-25,30H,6-12,17H2,1-5H3/t18-,21+,24+,25+/m1/s1. The van der Waals surface area contributed by atoms with E-state index in [0.29, 0.717) is 23.9 Å². The van der Waals surface area contributed by atoms with Gasteiger partial charge in [0.05, 0.1) is 28.4 Å². The predicted molar refractivity (Wildman–Crippen MR) is 138 cm³/mol. The minimum absolute atomic E-state index is 0.345. The Morgan fingerprint density at radius 3 is 2.03 bits per heavy atom. The van der Waals surface area contributed by atoms with Crippen LogP contribution in [-0.2, 0) is 12.8 Å². The van der Waals surface area contributed by atoms with Gasteiger partial charge >= 0.3 is 0 Å². The van der Waals surface area contributed by atoms with Crippen LogP contribution < -0.4 is 24.3 Å². The number of hydrogen-bond donors (Lipinski definition) is 1. The van der Waals surface area contributed by atoms with Gasteiger partial charge in [0.1, 0.15) is 0 Å². The first kappa shape index (κ1) is 24.3. The smallest absolute Gasteiger partial charge is 0.161 e. The number of nitrogens with zero attached hydrogens (tertiary/aromatic N) is 1. The van der Waals surface area contributed by atoms with Crippen molar-refractivity contribution < 1.29 is 18.9 Å². The van der Waals surface area contributed by atoms with Crippen LogP contribution >= 0.6 is 0 Å². The van der Waals surface area contributed by atoms with Gasteiger partial charge in [-0.15, -0.1) is 0 Å². The lowest BCUT2D eigenvalue weighted by atomic mass is 9.72. The lowest BCUT2D eigenvalue weighted by Crippen LogP contribution is -2.46. The Labute approximate surface area is 209 Å². The van der Waals surface area contributed by atoms with Crippen molar-refractivity contribution in [1.29, 1.82) is 0 Å². The Morgan fingerprint density at radius 1 is 0.800 bits per heavy atom. The van der Waals surface area contributed by atoms with Gasteiger partial charge in [-0.2, -0.15) is 0 Å². The molecule has 5 rings (SSSR count). The molecule has 0 aromatic heterocycles. The summed E-state index contributed by atoms with van der Waals surface area (Å²) in [6, 6.07) is 9.61. The quantitative estimate of drug-likeness (QED) is 0.606. The Bertz CT molecular complexity index is 1050. The molecule has 35 heavy (non-hydrogen) atoms. The number of fused-ring (bicyclic) bond motifs is 4. The van der Waals surface area contributed by atoms with Crippen LogP contribution in [0.2, 0.25) is 0 Å². The number of benzene rings is 2. The second kappa shape index (κ2) is 10.3. The summed E-state index contributed by atoms with van der Waals surface area (Å²) in [4.78, 5) is 2.72. The van der Waals surface area contributed by atoms with E-state index in [-0.39, 0.29) is 0 Å². The molecule has 3 aliphatic heterocycles. The number of rotatable bonds is 7. The first-order chi connectivity index (χ1) is 17.1. The molecule has 0 saturated carbocycles. The average Bonchev–Trinajstić information content (AvgIpc) is 2.91. The van der Waals surface area contributed by atoms with Crippen LogP contribution in [0.15, 0.2) is 24.3 Å².